The van der Waals surface area contributed by atoms with Crippen molar-refractivity contribution >= 4 is 17.5 Å². The zero-order valence-corrected chi connectivity index (χ0v) is 14.9. The summed E-state index contributed by atoms with van der Waals surface area (Å²) in [5.74, 6) is -0.587. The minimum absolute atomic E-state index is 0.0394. The van der Waals surface area contributed by atoms with E-state index in [2.05, 4.69) is 10.6 Å². The minimum atomic E-state index is -0.509. The number of carbonyl (C=O) groups excluding carboxylic acids is 2. The lowest BCUT2D eigenvalue weighted by atomic mass is 10.1. The smallest absolute Gasteiger partial charge is 0.258 e. The van der Waals surface area contributed by atoms with Crippen molar-refractivity contribution in [3.05, 3.63) is 59.9 Å². The average Bonchev–Trinajstić information content (AvgIpc) is 2.59. The number of amides is 2. The molecule has 0 aromatic heterocycles. The Morgan fingerprint density at radius 1 is 1.08 bits per heavy atom. The third kappa shape index (κ3) is 6.55. The van der Waals surface area contributed by atoms with E-state index < -0.39 is 5.82 Å². The molecule has 0 fully saturated rings. The molecule has 0 atom stereocenters. The van der Waals surface area contributed by atoms with Crippen LogP contribution >= 0.6 is 0 Å². The van der Waals surface area contributed by atoms with Crippen molar-refractivity contribution in [1.29, 1.82) is 0 Å². The van der Waals surface area contributed by atoms with Crippen LogP contribution in [-0.4, -0.2) is 18.4 Å². The normalized spacial score (nSPS) is 10.5. The van der Waals surface area contributed by atoms with Crippen LogP contribution in [0.25, 0.3) is 0 Å². The lowest BCUT2D eigenvalue weighted by molar-refractivity contribution is -0.123. The summed E-state index contributed by atoms with van der Waals surface area (Å²) < 4.78 is 18.6. The van der Waals surface area contributed by atoms with Crippen LogP contribution in [0.2, 0.25) is 0 Å². The van der Waals surface area contributed by atoms with Crippen LogP contribution in [0.15, 0.2) is 48.5 Å². The number of ether oxygens (including phenoxy) is 1. The van der Waals surface area contributed by atoms with Gasteiger partial charge in [-0.2, -0.15) is 0 Å². The lowest BCUT2D eigenvalue weighted by Gasteiger charge is -2.10. The van der Waals surface area contributed by atoms with Crippen LogP contribution in [0, 0.1) is 11.7 Å². The fourth-order valence-electron chi connectivity index (χ4n) is 2.30. The molecule has 2 aromatic carbocycles. The van der Waals surface area contributed by atoms with E-state index in [1.807, 2.05) is 26.0 Å². The maximum Gasteiger partial charge on any atom is 0.258 e. The van der Waals surface area contributed by atoms with Crippen molar-refractivity contribution in [1.82, 2.24) is 5.32 Å². The molecular weight excluding hydrogens is 335 g/mol. The number of benzene rings is 2. The van der Waals surface area contributed by atoms with E-state index in [1.165, 1.54) is 12.1 Å². The quantitative estimate of drug-likeness (QED) is 0.759. The summed E-state index contributed by atoms with van der Waals surface area (Å²) in [6.45, 7) is 3.98. The maximum absolute atomic E-state index is 13.4. The molecule has 0 unspecified atom stereocenters. The average molecular weight is 358 g/mol. The van der Waals surface area contributed by atoms with E-state index in [4.69, 9.17) is 4.74 Å². The lowest BCUT2D eigenvalue weighted by Crippen LogP contribution is -2.28. The van der Waals surface area contributed by atoms with Crippen molar-refractivity contribution in [3.8, 4) is 5.75 Å². The molecule has 0 radical (unpaired) electrons. The molecule has 138 valence electrons. The summed E-state index contributed by atoms with van der Waals surface area (Å²) >= 11 is 0. The minimum Gasteiger partial charge on any atom is -0.481 e. The van der Waals surface area contributed by atoms with Gasteiger partial charge in [0.25, 0.3) is 5.91 Å². The summed E-state index contributed by atoms with van der Waals surface area (Å²) in [5.41, 5.74) is 1.52. The summed E-state index contributed by atoms with van der Waals surface area (Å²) in [5, 5.41) is 5.54. The van der Waals surface area contributed by atoms with E-state index in [-0.39, 0.29) is 36.6 Å². The molecule has 2 amide bonds. The van der Waals surface area contributed by atoms with Crippen molar-refractivity contribution in [2.24, 2.45) is 5.92 Å². The van der Waals surface area contributed by atoms with Gasteiger partial charge in [0.1, 0.15) is 0 Å². The van der Waals surface area contributed by atoms with Gasteiger partial charge in [-0.15, -0.1) is 0 Å². The number of rotatable bonds is 8. The number of hydrogen-bond acceptors (Lipinski definition) is 3. The first-order valence-electron chi connectivity index (χ1n) is 8.47. The Balaban J connectivity index is 1.81. The molecule has 0 spiro atoms. The summed E-state index contributed by atoms with van der Waals surface area (Å²) in [6.07, 6.45) is 0.453. The topological polar surface area (TPSA) is 67.4 Å². The summed E-state index contributed by atoms with van der Waals surface area (Å²) in [6, 6.07) is 13.2. The zero-order chi connectivity index (χ0) is 18.9. The predicted molar refractivity (Wildman–Crippen MR) is 98.3 cm³/mol. The van der Waals surface area contributed by atoms with E-state index in [9.17, 15) is 14.0 Å². The molecule has 0 heterocycles. The van der Waals surface area contributed by atoms with Gasteiger partial charge in [0.2, 0.25) is 5.91 Å². The second kappa shape index (κ2) is 9.56. The van der Waals surface area contributed by atoms with Gasteiger partial charge in [0.15, 0.2) is 18.2 Å². The Hall–Kier alpha value is -2.89. The van der Waals surface area contributed by atoms with Crippen molar-refractivity contribution in [2.75, 3.05) is 11.9 Å². The number of carbonyl (C=O) groups is 2. The fourth-order valence-corrected chi connectivity index (χ4v) is 2.30. The third-order valence-corrected chi connectivity index (χ3v) is 3.49. The number of para-hydroxylation sites is 1. The first-order chi connectivity index (χ1) is 12.4. The van der Waals surface area contributed by atoms with Crippen LogP contribution < -0.4 is 15.4 Å². The number of halogens is 1. The second-order valence-electron chi connectivity index (χ2n) is 6.34. The van der Waals surface area contributed by atoms with Crippen LogP contribution in [0.3, 0.4) is 0 Å². The molecule has 0 bridgehead atoms. The largest absolute Gasteiger partial charge is 0.481 e. The monoisotopic (exact) mass is 358 g/mol. The van der Waals surface area contributed by atoms with Crippen molar-refractivity contribution in [3.63, 3.8) is 0 Å². The molecule has 2 rings (SSSR count). The molecule has 5 nitrogen and oxygen atoms in total. The molecule has 6 heteroatoms. The Morgan fingerprint density at radius 3 is 2.58 bits per heavy atom. The third-order valence-electron chi connectivity index (χ3n) is 3.49. The molecule has 0 aliphatic heterocycles. The van der Waals surface area contributed by atoms with Gasteiger partial charge < -0.3 is 15.4 Å². The van der Waals surface area contributed by atoms with Gasteiger partial charge in [-0.1, -0.05) is 38.1 Å². The fraction of sp³-hybridized carbons (Fsp3) is 0.300. The predicted octanol–water partition coefficient (Wildman–Crippen LogP) is 3.51. The van der Waals surface area contributed by atoms with Crippen LogP contribution in [0.1, 0.15) is 25.8 Å². The van der Waals surface area contributed by atoms with Crippen molar-refractivity contribution in [2.45, 2.75) is 26.8 Å². The van der Waals surface area contributed by atoms with E-state index in [1.54, 1.807) is 24.3 Å². The molecule has 0 saturated carbocycles. The molecule has 26 heavy (non-hydrogen) atoms. The van der Waals surface area contributed by atoms with E-state index >= 15 is 0 Å². The molecule has 0 aliphatic carbocycles. The Bertz CT molecular complexity index is 762. The highest BCUT2D eigenvalue weighted by atomic mass is 19.1. The second-order valence-corrected chi connectivity index (χ2v) is 6.34. The first-order valence-corrected chi connectivity index (χ1v) is 8.47. The Morgan fingerprint density at radius 2 is 1.85 bits per heavy atom. The van der Waals surface area contributed by atoms with Crippen LogP contribution in [0.4, 0.5) is 10.1 Å². The van der Waals surface area contributed by atoms with Gasteiger partial charge in [0.05, 0.1) is 0 Å². The Labute approximate surface area is 152 Å². The van der Waals surface area contributed by atoms with Gasteiger partial charge in [-0.3, -0.25) is 9.59 Å². The van der Waals surface area contributed by atoms with E-state index in [0.717, 1.165) is 5.56 Å². The van der Waals surface area contributed by atoms with Crippen LogP contribution in [0.5, 0.6) is 5.75 Å². The molecule has 0 aliphatic rings. The van der Waals surface area contributed by atoms with Gasteiger partial charge in [0, 0.05) is 18.7 Å². The number of nitrogens with one attached hydrogen (secondary N) is 2. The highest BCUT2D eigenvalue weighted by Crippen LogP contribution is 2.15. The highest BCUT2D eigenvalue weighted by molar-refractivity contribution is 5.90. The molecule has 2 N–H and O–H groups in total. The molecule has 2 aromatic rings. The van der Waals surface area contributed by atoms with Crippen LogP contribution in [-0.2, 0) is 16.1 Å². The highest BCUT2D eigenvalue weighted by Gasteiger charge is 2.08. The SMILES string of the molecule is CC(C)CC(=O)Nc1cccc(CNC(=O)COc2ccccc2F)c1. The molecule has 0 saturated heterocycles. The zero-order valence-electron chi connectivity index (χ0n) is 14.9. The molecular formula is C20H23FN2O3. The van der Waals surface area contributed by atoms with Crippen molar-refractivity contribution < 1.29 is 18.7 Å². The summed E-state index contributed by atoms with van der Waals surface area (Å²) in [4.78, 5) is 23.7. The summed E-state index contributed by atoms with van der Waals surface area (Å²) in [7, 11) is 0. The number of hydrogen-bond donors (Lipinski definition) is 2. The first kappa shape index (κ1) is 19.4. The maximum atomic E-state index is 13.4. The van der Waals surface area contributed by atoms with Gasteiger partial charge in [-0.05, 0) is 35.7 Å². The Kier molecular flexibility index (Phi) is 7.14. The van der Waals surface area contributed by atoms with Gasteiger partial charge >= 0.3 is 0 Å². The standard InChI is InChI=1S/C20H23FN2O3/c1-14(2)10-19(24)23-16-7-5-6-15(11-16)12-22-20(25)13-26-18-9-4-3-8-17(18)21/h3-9,11,14H,10,12-13H2,1-2H3,(H,22,25)(H,23,24). The number of anilines is 1. The van der Waals surface area contributed by atoms with Gasteiger partial charge in [-0.25, -0.2) is 4.39 Å². The van der Waals surface area contributed by atoms with E-state index in [0.29, 0.717) is 12.1 Å².